The molecule has 0 unspecified atom stereocenters. The zero-order valence-corrected chi connectivity index (χ0v) is 15.2. The van der Waals surface area contributed by atoms with Crippen LogP contribution in [0.25, 0.3) is 11.0 Å². The average molecular weight is 358 g/mol. The number of hydrazone groups is 1. The average Bonchev–Trinajstić information content (AvgIpc) is 3.24. The number of rotatable bonds is 6. The summed E-state index contributed by atoms with van der Waals surface area (Å²) in [5.41, 5.74) is 5.46. The number of carbonyl (C=O) groups excluding carboxylic acids is 1. The van der Waals surface area contributed by atoms with E-state index in [1.54, 1.807) is 11.3 Å². The molecular formula is C17H18N4OS2. The minimum absolute atomic E-state index is 0.134. The summed E-state index contributed by atoms with van der Waals surface area (Å²) in [5, 5.41) is 6.99. The van der Waals surface area contributed by atoms with E-state index in [0.29, 0.717) is 0 Å². The Morgan fingerprint density at radius 3 is 2.92 bits per heavy atom. The van der Waals surface area contributed by atoms with Gasteiger partial charge in [-0.1, -0.05) is 30.0 Å². The maximum atomic E-state index is 12.0. The van der Waals surface area contributed by atoms with Gasteiger partial charge in [0, 0.05) is 11.4 Å². The van der Waals surface area contributed by atoms with E-state index in [0.717, 1.165) is 33.3 Å². The number of thiophene rings is 1. The lowest BCUT2D eigenvalue weighted by Crippen LogP contribution is -2.21. The predicted octanol–water partition coefficient (Wildman–Crippen LogP) is 3.75. The molecule has 3 rings (SSSR count). The lowest BCUT2D eigenvalue weighted by molar-refractivity contribution is -0.118. The molecule has 0 bridgehead atoms. The number of hydrogen-bond donors (Lipinski definition) is 1. The van der Waals surface area contributed by atoms with E-state index >= 15 is 0 Å². The van der Waals surface area contributed by atoms with E-state index in [2.05, 4.69) is 27.0 Å². The van der Waals surface area contributed by atoms with E-state index in [1.165, 1.54) is 11.8 Å². The van der Waals surface area contributed by atoms with Gasteiger partial charge in [0.15, 0.2) is 5.16 Å². The van der Waals surface area contributed by atoms with Gasteiger partial charge >= 0.3 is 0 Å². The smallest absolute Gasteiger partial charge is 0.250 e. The number of carbonyl (C=O) groups is 1. The molecule has 0 spiro atoms. The summed E-state index contributed by atoms with van der Waals surface area (Å²) >= 11 is 3.03. The van der Waals surface area contributed by atoms with Crippen LogP contribution in [0.4, 0.5) is 0 Å². The van der Waals surface area contributed by atoms with Gasteiger partial charge in [0.25, 0.3) is 5.91 Å². The highest BCUT2D eigenvalue weighted by Gasteiger charge is 2.11. The minimum atomic E-state index is -0.134. The molecule has 7 heteroatoms. The third-order valence-corrected chi connectivity index (χ3v) is 5.45. The van der Waals surface area contributed by atoms with Gasteiger partial charge in [-0.15, -0.1) is 11.3 Å². The summed E-state index contributed by atoms with van der Waals surface area (Å²) in [6.07, 6.45) is 0. The first-order chi connectivity index (χ1) is 11.7. The Morgan fingerprint density at radius 1 is 1.33 bits per heavy atom. The summed E-state index contributed by atoms with van der Waals surface area (Å²) in [5.74, 6) is 0.149. The topological polar surface area (TPSA) is 59.3 Å². The molecule has 124 valence electrons. The second-order valence-corrected chi connectivity index (χ2v) is 7.02. The van der Waals surface area contributed by atoms with E-state index in [1.807, 2.05) is 48.7 Å². The summed E-state index contributed by atoms with van der Waals surface area (Å²) in [4.78, 5) is 17.7. The van der Waals surface area contributed by atoms with Crippen molar-refractivity contribution in [2.24, 2.45) is 5.10 Å². The summed E-state index contributed by atoms with van der Waals surface area (Å²) in [7, 11) is 0. The van der Waals surface area contributed by atoms with Crippen LogP contribution in [0.2, 0.25) is 0 Å². The van der Waals surface area contributed by atoms with Gasteiger partial charge in [0.05, 0.1) is 22.5 Å². The zero-order chi connectivity index (χ0) is 16.9. The van der Waals surface area contributed by atoms with Crippen LogP contribution in [0.15, 0.2) is 52.0 Å². The highest BCUT2D eigenvalue weighted by Crippen LogP contribution is 2.23. The molecule has 2 heterocycles. The first-order valence-electron chi connectivity index (χ1n) is 7.64. The van der Waals surface area contributed by atoms with Crippen LogP contribution in [0.5, 0.6) is 0 Å². The highest BCUT2D eigenvalue weighted by atomic mass is 32.2. The summed E-state index contributed by atoms with van der Waals surface area (Å²) < 4.78 is 2.12. The molecule has 1 amide bonds. The quantitative estimate of drug-likeness (QED) is 0.415. The van der Waals surface area contributed by atoms with Crippen molar-refractivity contribution >= 4 is 45.8 Å². The van der Waals surface area contributed by atoms with Gasteiger partial charge in [-0.25, -0.2) is 10.4 Å². The first kappa shape index (κ1) is 16.7. The van der Waals surface area contributed by atoms with Crippen molar-refractivity contribution < 1.29 is 4.79 Å². The Balaban J connectivity index is 1.63. The molecular weight excluding hydrogens is 340 g/mol. The predicted molar refractivity (Wildman–Crippen MR) is 101 cm³/mol. The molecule has 1 aromatic carbocycles. The van der Waals surface area contributed by atoms with Crippen molar-refractivity contribution in [1.82, 2.24) is 15.0 Å². The van der Waals surface area contributed by atoms with Crippen LogP contribution in [0, 0.1) is 0 Å². The third kappa shape index (κ3) is 3.68. The Labute approximate surface area is 148 Å². The van der Waals surface area contributed by atoms with Gasteiger partial charge in [-0.3, -0.25) is 4.79 Å². The monoisotopic (exact) mass is 358 g/mol. The van der Waals surface area contributed by atoms with Crippen molar-refractivity contribution in [3.63, 3.8) is 0 Å². The number of imidazole rings is 1. The minimum Gasteiger partial charge on any atom is -0.319 e. The molecule has 3 aromatic rings. The van der Waals surface area contributed by atoms with Crippen molar-refractivity contribution in [2.45, 2.75) is 25.5 Å². The normalized spacial score (nSPS) is 11.8. The number of benzene rings is 1. The lowest BCUT2D eigenvalue weighted by atomic mass is 10.3. The standard InChI is InChI=1S/C17H18N4OS2/c1-3-21-14-8-5-4-7-13(14)18-17(21)24-11-16(22)20-19-12(2)15-9-6-10-23-15/h4-10H,3,11H2,1-2H3,(H,20,22)/b19-12+. The number of aryl methyl sites for hydroxylation is 1. The van der Waals surface area contributed by atoms with Gasteiger partial charge in [-0.05, 0) is 37.4 Å². The molecule has 0 fully saturated rings. The fraction of sp³-hybridized carbons (Fsp3) is 0.235. The fourth-order valence-corrected chi connectivity index (χ4v) is 3.87. The number of hydrogen-bond acceptors (Lipinski definition) is 5. The number of thioether (sulfide) groups is 1. The third-order valence-electron chi connectivity index (χ3n) is 3.49. The number of para-hydroxylation sites is 2. The SMILES string of the molecule is CCn1c(SCC(=O)N/N=C(\C)c2cccs2)nc2ccccc21. The Hall–Kier alpha value is -2.12. The molecule has 0 saturated heterocycles. The van der Waals surface area contributed by atoms with E-state index in [-0.39, 0.29) is 11.7 Å². The van der Waals surface area contributed by atoms with Gasteiger partial charge in [0.2, 0.25) is 0 Å². The number of fused-ring (bicyclic) bond motifs is 1. The number of nitrogens with zero attached hydrogens (tertiary/aromatic N) is 3. The summed E-state index contributed by atoms with van der Waals surface area (Å²) in [6, 6.07) is 11.9. The van der Waals surface area contributed by atoms with E-state index < -0.39 is 0 Å². The Bertz CT molecular complexity index is 868. The number of nitrogens with one attached hydrogen (secondary N) is 1. The van der Waals surface area contributed by atoms with Gasteiger partial charge < -0.3 is 4.57 Å². The molecule has 0 aliphatic heterocycles. The first-order valence-corrected chi connectivity index (χ1v) is 9.50. The molecule has 1 N–H and O–H groups in total. The molecule has 0 aliphatic rings. The van der Waals surface area contributed by atoms with Crippen molar-refractivity contribution in [3.8, 4) is 0 Å². The van der Waals surface area contributed by atoms with Crippen molar-refractivity contribution in [2.75, 3.05) is 5.75 Å². The highest BCUT2D eigenvalue weighted by molar-refractivity contribution is 7.99. The Kier molecular flexibility index (Phi) is 5.32. The fourth-order valence-electron chi connectivity index (χ4n) is 2.32. The molecule has 24 heavy (non-hydrogen) atoms. The van der Waals surface area contributed by atoms with Gasteiger partial charge in [0.1, 0.15) is 0 Å². The second kappa shape index (κ2) is 7.63. The van der Waals surface area contributed by atoms with Crippen LogP contribution >= 0.6 is 23.1 Å². The lowest BCUT2D eigenvalue weighted by Gasteiger charge is -2.05. The molecule has 0 radical (unpaired) electrons. The zero-order valence-electron chi connectivity index (χ0n) is 13.5. The molecule has 2 aromatic heterocycles. The van der Waals surface area contributed by atoms with Crippen LogP contribution in [-0.2, 0) is 11.3 Å². The van der Waals surface area contributed by atoms with E-state index in [4.69, 9.17) is 0 Å². The largest absolute Gasteiger partial charge is 0.319 e. The molecule has 0 atom stereocenters. The van der Waals surface area contributed by atoms with Gasteiger partial charge in [-0.2, -0.15) is 5.10 Å². The number of amides is 1. The van der Waals surface area contributed by atoms with Crippen LogP contribution in [0.1, 0.15) is 18.7 Å². The van der Waals surface area contributed by atoms with Crippen molar-refractivity contribution in [3.05, 3.63) is 46.7 Å². The van der Waals surface area contributed by atoms with E-state index in [9.17, 15) is 4.79 Å². The molecule has 5 nitrogen and oxygen atoms in total. The second-order valence-electron chi connectivity index (χ2n) is 5.13. The molecule has 0 saturated carbocycles. The summed E-state index contributed by atoms with van der Waals surface area (Å²) in [6.45, 7) is 4.78. The maximum Gasteiger partial charge on any atom is 0.250 e. The van der Waals surface area contributed by atoms with Crippen molar-refractivity contribution in [1.29, 1.82) is 0 Å². The van der Waals surface area contributed by atoms with Crippen LogP contribution in [-0.4, -0.2) is 26.9 Å². The Morgan fingerprint density at radius 2 is 2.17 bits per heavy atom. The molecule has 0 aliphatic carbocycles. The van der Waals surface area contributed by atoms with Crippen LogP contribution < -0.4 is 5.43 Å². The maximum absolute atomic E-state index is 12.0. The number of aromatic nitrogens is 2. The van der Waals surface area contributed by atoms with Crippen LogP contribution in [0.3, 0.4) is 0 Å².